The Balaban J connectivity index is 1.66. The lowest BCUT2D eigenvalue weighted by Crippen LogP contribution is -2.49. The van der Waals surface area contributed by atoms with Crippen molar-refractivity contribution in [2.45, 2.75) is 0 Å². The number of amides is 1. The second kappa shape index (κ2) is 7.01. The molecular formula is C18H18N4O2. The smallest absolute Gasteiger partial charge is 0.254 e. The van der Waals surface area contributed by atoms with Gasteiger partial charge in [0.2, 0.25) is 0 Å². The third-order valence-electron chi connectivity index (χ3n) is 4.08. The van der Waals surface area contributed by atoms with Gasteiger partial charge in [0.05, 0.1) is 18.7 Å². The minimum Gasteiger partial charge on any atom is -0.497 e. The molecular weight excluding hydrogens is 304 g/mol. The molecule has 122 valence electrons. The van der Waals surface area contributed by atoms with Crippen LogP contribution in [0.1, 0.15) is 15.9 Å². The number of rotatable bonds is 3. The summed E-state index contributed by atoms with van der Waals surface area (Å²) in [5.74, 6) is 1.46. The number of anilines is 1. The molecule has 1 aliphatic heterocycles. The number of piperazine rings is 1. The van der Waals surface area contributed by atoms with Gasteiger partial charge < -0.3 is 14.5 Å². The van der Waals surface area contributed by atoms with E-state index in [1.54, 1.807) is 37.6 Å². The zero-order valence-electron chi connectivity index (χ0n) is 13.5. The molecule has 2 heterocycles. The Morgan fingerprint density at radius 1 is 1.21 bits per heavy atom. The number of hydrogen-bond acceptors (Lipinski definition) is 5. The third kappa shape index (κ3) is 3.30. The standard InChI is InChI=1S/C18H18N4O2/c1-24-16-4-2-3-15(12-16)18(23)22-9-7-21(8-10-22)17-11-14(13-19)5-6-20-17/h2-6,11-12H,7-10H2,1H3. The predicted molar refractivity (Wildman–Crippen MR) is 90.1 cm³/mol. The van der Waals surface area contributed by atoms with Crippen LogP contribution in [0.2, 0.25) is 0 Å². The van der Waals surface area contributed by atoms with E-state index in [1.165, 1.54) is 0 Å². The number of aromatic nitrogens is 1. The summed E-state index contributed by atoms with van der Waals surface area (Å²) < 4.78 is 5.18. The fourth-order valence-electron chi connectivity index (χ4n) is 2.74. The Morgan fingerprint density at radius 2 is 2.00 bits per heavy atom. The van der Waals surface area contributed by atoms with Crippen LogP contribution in [-0.2, 0) is 0 Å². The van der Waals surface area contributed by atoms with Gasteiger partial charge in [-0.25, -0.2) is 4.98 Å². The molecule has 1 fully saturated rings. The second-order valence-electron chi connectivity index (χ2n) is 5.53. The number of carbonyl (C=O) groups excluding carboxylic acids is 1. The average Bonchev–Trinajstić information content (AvgIpc) is 2.67. The van der Waals surface area contributed by atoms with Gasteiger partial charge in [0, 0.05) is 37.9 Å². The summed E-state index contributed by atoms with van der Waals surface area (Å²) in [6, 6.07) is 12.8. The van der Waals surface area contributed by atoms with Crippen LogP contribution in [-0.4, -0.2) is 49.1 Å². The van der Waals surface area contributed by atoms with E-state index in [0.717, 1.165) is 5.82 Å². The predicted octanol–water partition coefficient (Wildman–Crippen LogP) is 1.92. The number of ether oxygens (including phenoxy) is 1. The lowest BCUT2D eigenvalue weighted by molar-refractivity contribution is 0.0746. The first kappa shape index (κ1) is 15.8. The highest BCUT2D eigenvalue weighted by atomic mass is 16.5. The quantitative estimate of drug-likeness (QED) is 0.863. The van der Waals surface area contributed by atoms with Crippen LogP contribution in [0.25, 0.3) is 0 Å². The molecule has 0 N–H and O–H groups in total. The van der Waals surface area contributed by atoms with Crippen LogP contribution in [0.3, 0.4) is 0 Å². The van der Waals surface area contributed by atoms with Crippen molar-refractivity contribution in [1.29, 1.82) is 5.26 Å². The Bertz CT molecular complexity index is 777. The Labute approximate surface area is 140 Å². The highest BCUT2D eigenvalue weighted by Gasteiger charge is 2.23. The van der Waals surface area contributed by atoms with Crippen molar-refractivity contribution in [3.05, 3.63) is 53.7 Å². The van der Waals surface area contributed by atoms with E-state index in [1.807, 2.05) is 17.0 Å². The number of nitrogens with zero attached hydrogens (tertiary/aromatic N) is 4. The van der Waals surface area contributed by atoms with Gasteiger partial charge in [-0.3, -0.25) is 4.79 Å². The molecule has 0 saturated carbocycles. The average molecular weight is 322 g/mol. The molecule has 6 heteroatoms. The number of pyridine rings is 1. The van der Waals surface area contributed by atoms with E-state index in [2.05, 4.69) is 16.0 Å². The molecule has 24 heavy (non-hydrogen) atoms. The maximum atomic E-state index is 12.6. The Kier molecular flexibility index (Phi) is 4.62. The summed E-state index contributed by atoms with van der Waals surface area (Å²) >= 11 is 0. The molecule has 1 aromatic carbocycles. The molecule has 0 unspecified atom stereocenters. The molecule has 0 spiro atoms. The SMILES string of the molecule is COc1cccc(C(=O)N2CCN(c3cc(C#N)ccn3)CC2)c1. The summed E-state index contributed by atoms with van der Waals surface area (Å²) in [4.78, 5) is 20.8. The molecule has 2 aromatic rings. The Morgan fingerprint density at radius 3 is 2.71 bits per heavy atom. The lowest BCUT2D eigenvalue weighted by Gasteiger charge is -2.35. The van der Waals surface area contributed by atoms with Crippen molar-refractivity contribution in [2.75, 3.05) is 38.2 Å². The highest BCUT2D eigenvalue weighted by molar-refractivity contribution is 5.94. The van der Waals surface area contributed by atoms with E-state index in [-0.39, 0.29) is 5.91 Å². The van der Waals surface area contributed by atoms with Crippen LogP contribution in [0.15, 0.2) is 42.6 Å². The van der Waals surface area contributed by atoms with E-state index in [0.29, 0.717) is 43.1 Å². The monoisotopic (exact) mass is 322 g/mol. The minimum atomic E-state index is 0.00675. The molecule has 0 bridgehead atoms. The van der Waals surface area contributed by atoms with Gasteiger partial charge in [-0.2, -0.15) is 5.26 Å². The van der Waals surface area contributed by atoms with Crippen molar-refractivity contribution in [2.24, 2.45) is 0 Å². The first-order chi connectivity index (χ1) is 11.7. The number of benzene rings is 1. The molecule has 1 aliphatic rings. The first-order valence-electron chi connectivity index (χ1n) is 7.75. The topological polar surface area (TPSA) is 69.5 Å². The van der Waals surface area contributed by atoms with Crippen LogP contribution >= 0.6 is 0 Å². The number of carbonyl (C=O) groups is 1. The molecule has 0 atom stereocenters. The normalized spacial score (nSPS) is 14.2. The van der Waals surface area contributed by atoms with Gasteiger partial charge in [-0.05, 0) is 30.3 Å². The molecule has 1 saturated heterocycles. The third-order valence-corrected chi connectivity index (χ3v) is 4.08. The molecule has 6 nitrogen and oxygen atoms in total. The summed E-state index contributed by atoms with van der Waals surface area (Å²) in [5, 5.41) is 8.98. The van der Waals surface area contributed by atoms with E-state index in [9.17, 15) is 4.79 Å². The molecule has 0 radical (unpaired) electrons. The van der Waals surface area contributed by atoms with Gasteiger partial charge >= 0.3 is 0 Å². The van der Waals surface area contributed by atoms with Crippen molar-refractivity contribution in [1.82, 2.24) is 9.88 Å². The summed E-state index contributed by atoms with van der Waals surface area (Å²) in [6.45, 7) is 2.62. The maximum absolute atomic E-state index is 12.6. The van der Waals surface area contributed by atoms with Crippen molar-refractivity contribution < 1.29 is 9.53 Å². The van der Waals surface area contributed by atoms with E-state index >= 15 is 0 Å². The van der Waals surface area contributed by atoms with Crippen LogP contribution in [0.5, 0.6) is 5.75 Å². The Hall–Kier alpha value is -3.07. The summed E-state index contributed by atoms with van der Waals surface area (Å²) in [5.41, 5.74) is 1.22. The van der Waals surface area contributed by atoms with E-state index < -0.39 is 0 Å². The van der Waals surface area contributed by atoms with Gasteiger partial charge in [-0.1, -0.05) is 6.07 Å². The lowest BCUT2D eigenvalue weighted by atomic mass is 10.1. The molecule has 3 rings (SSSR count). The molecule has 1 amide bonds. The largest absolute Gasteiger partial charge is 0.497 e. The van der Waals surface area contributed by atoms with Crippen molar-refractivity contribution in [3.8, 4) is 11.8 Å². The van der Waals surface area contributed by atoms with Crippen LogP contribution < -0.4 is 9.64 Å². The van der Waals surface area contributed by atoms with Gasteiger partial charge in [-0.15, -0.1) is 0 Å². The fraction of sp³-hybridized carbons (Fsp3) is 0.278. The minimum absolute atomic E-state index is 0.00675. The van der Waals surface area contributed by atoms with E-state index in [4.69, 9.17) is 10.00 Å². The zero-order valence-corrected chi connectivity index (χ0v) is 13.5. The first-order valence-corrected chi connectivity index (χ1v) is 7.75. The van der Waals surface area contributed by atoms with Crippen molar-refractivity contribution in [3.63, 3.8) is 0 Å². The highest BCUT2D eigenvalue weighted by Crippen LogP contribution is 2.18. The molecule has 1 aromatic heterocycles. The number of methoxy groups -OCH3 is 1. The van der Waals surface area contributed by atoms with Gasteiger partial charge in [0.1, 0.15) is 11.6 Å². The van der Waals surface area contributed by atoms with Crippen LogP contribution in [0.4, 0.5) is 5.82 Å². The maximum Gasteiger partial charge on any atom is 0.254 e. The molecule has 0 aliphatic carbocycles. The second-order valence-corrected chi connectivity index (χ2v) is 5.53. The van der Waals surface area contributed by atoms with Gasteiger partial charge in [0.25, 0.3) is 5.91 Å². The number of nitriles is 1. The zero-order chi connectivity index (χ0) is 16.9. The summed E-state index contributed by atoms with van der Waals surface area (Å²) in [7, 11) is 1.59. The van der Waals surface area contributed by atoms with Crippen molar-refractivity contribution >= 4 is 11.7 Å². The van der Waals surface area contributed by atoms with Gasteiger partial charge in [0.15, 0.2) is 0 Å². The number of hydrogen-bond donors (Lipinski definition) is 0. The summed E-state index contributed by atoms with van der Waals surface area (Å²) in [6.07, 6.45) is 1.64. The fourth-order valence-corrected chi connectivity index (χ4v) is 2.74. The van der Waals surface area contributed by atoms with Crippen LogP contribution in [0, 0.1) is 11.3 Å².